The number of rotatable bonds is 12. The number of hydrogen-bond donors (Lipinski definition) is 0. The van der Waals surface area contributed by atoms with Crippen LogP contribution in [0.1, 0.15) is 40.0 Å². The first-order chi connectivity index (χ1) is 13.8. The second-order valence-corrected chi connectivity index (χ2v) is 12.2. The van der Waals surface area contributed by atoms with E-state index in [9.17, 15) is 13.0 Å². The van der Waals surface area contributed by atoms with Crippen molar-refractivity contribution < 1.29 is 26.2 Å². The molecular weight excluding hydrogens is 431 g/mol. The topological polar surface area (TPSA) is 78.9 Å². The van der Waals surface area contributed by atoms with Crippen LogP contribution in [0, 0.1) is 0 Å². The summed E-state index contributed by atoms with van der Waals surface area (Å²) in [5, 5.41) is 0.0655. The zero-order valence-electron chi connectivity index (χ0n) is 16.8. The van der Waals surface area contributed by atoms with Crippen molar-refractivity contribution >= 4 is 28.3 Å². The molecule has 2 atom stereocenters. The van der Waals surface area contributed by atoms with E-state index in [-0.39, 0.29) is 21.6 Å². The highest BCUT2D eigenvalue weighted by molar-refractivity contribution is 8.55. The molecule has 2 aromatic carbocycles. The van der Waals surface area contributed by atoms with Gasteiger partial charge in [0.2, 0.25) is 0 Å². The highest BCUT2D eigenvalue weighted by Gasteiger charge is 2.30. The molecule has 2 aromatic rings. The van der Waals surface area contributed by atoms with Crippen molar-refractivity contribution in [3.05, 3.63) is 54.6 Å². The molecule has 0 radical (unpaired) electrons. The monoisotopic (exact) mass is 458 g/mol. The number of benzene rings is 2. The highest BCUT2D eigenvalue weighted by Crippen LogP contribution is 2.62. The largest absolute Gasteiger partial charge is 0.440 e. The van der Waals surface area contributed by atoms with E-state index in [4.69, 9.17) is 13.2 Å². The van der Waals surface area contributed by atoms with Crippen molar-refractivity contribution in [2.75, 3.05) is 6.61 Å². The smallest absolute Gasteiger partial charge is 0.417 e. The minimum atomic E-state index is -4.06. The average Bonchev–Trinajstić information content (AvgIpc) is 2.68. The maximum atomic E-state index is 13.2. The minimum absolute atomic E-state index is 0.0655. The third-order valence-corrected chi connectivity index (χ3v) is 9.41. The Bertz CT molecular complexity index is 918. The number of unbranched alkanes of at least 4 members (excludes halogenated alkanes) is 1. The van der Waals surface area contributed by atoms with E-state index < -0.39 is 16.9 Å². The molecule has 0 aliphatic heterocycles. The van der Waals surface area contributed by atoms with Crippen molar-refractivity contribution in [2.45, 2.75) is 50.2 Å². The van der Waals surface area contributed by atoms with Gasteiger partial charge >= 0.3 is 16.9 Å². The van der Waals surface area contributed by atoms with Gasteiger partial charge in [-0.1, -0.05) is 51.5 Å². The Labute approximate surface area is 177 Å². The van der Waals surface area contributed by atoms with Crippen molar-refractivity contribution in [1.82, 2.24) is 0 Å². The highest BCUT2D eigenvalue weighted by atomic mass is 32.7. The van der Waals surface area contributed by atoms with Gasteiger partial charge in [0.1, 0.15) is 16.4 Å². The van der Waals surface area contributed by atoms with Crippen molar-refractivity contribution in [3.8, 4) is 11.5 Å². The second-order valence-electron chi connectivity index (χ2n) is 6.37. The molecule has 29 heavy (non-hydrogen) atoms. The lowest BCUT2D eigenvalue weighted by atomic mass is 10.3. The first kappa shape index (κ1) is 23.8. The third kappa shape index (κ3) is 7.70. The maximum absolute atomic E-state index is 13.2. The Kier molecular flexibility index (Phi) is 9.08. The van der Waals surface area contributed by atoms with Gasteiger partial charge in [-0.15, -0.1) is 0 Å². The molecule has 160 valence electrons. The zero-order valence-corrected chi connectivity index (χ0v) is 19.3. The van der Waals surface area contributed by atoms with Gasteiger partial charge < -0.3 is 8.71 Å². The van der Waals surface area contributed by atoms with Crippen molar-refractivity contribution in [2.24, 2.45) is 0 Å². The van der Waals surface area contributed by atoms with Gasteiger partial charge in [-0.3, -0.25) is 4.52 Å². The molecule has 0 amide bonds. The van der Waals surface area contributed by atoms with Gasteiger partial charge in [0, 0.05) is 11.3 Å². The summed E-state index contributed by atoms with van der Waals surface area (Å²) in [7, 11) is -4.06. The second kappa shape index (κ2) is 11.1. The van der Waals surface area contributed by atoms with E-state index in [1.165, 1.54) is 18.2 Å². The molecular formula is C20H27O6PS2. The Morgan fingerprint density at radius 1 is 1.03 bits per heavy atom. The van der Waals surface area contributed by atoms with Crippen LogP contribution in [0.2, 0.25) is 0 Å². The molecule has 0 fully saturated rings. The normalized spacial score (nSPS) is 14.7. The molecule has 0 spiro atoms. The average molecular weight is 459 g/mol. The van der Waals surface area contributed by atoms with Crippen LogP contribution in [0.15, 0.2) is 59.5 Å². The molecule has 0 aliphatic carbocycles. The SMILES string of the molecule is CCCCOP(=O)(Oc1cccc(S(=O)(=O)Oc2ccccc2)c1)SC(C)CC. The van der Waals surface area contributed by atoms with Crippen molar-refractivity contribution in [1.29, 1.82) is 0 Å². The Morgan fingerprint density at radius 2 is 1.72 bits per heavy atom. The Hall–Kier alpha value is -1.47. The molecule has 0 heterocycles. The fourth-order valence-electron chi connectivity index (χ4n) is 2.16. The van der Waals surface area contributed by atoms with E-state index >= 15 is 0 Å². The van der Waals surface area contributed by atoms with Gasteiger partial charge in [-0.25, -0.2) is 4.57 Å². The maximum Gasteiger partial charge on any atom is 0.440 e. The molecule has 0 bridgehead atoms. The Balaban J connectivity index is 2.22. The summed E-state index contributed by atoms with van der Waals surface area (Å²) in [4.78, 5) is -0.0903. The zero-order chi connectivity index (χ0) is 21.3. The summed E-state index contributed by atoms with van der Waals surface area (Å²) in [5.74, 6) is 0.359. The molecule has 2 unspecified atom stereocenters. The molecule has 6 nitrogen and oxygen atoms in total. The lowest BCUT2D eigenvalue weighted by molar-refractivity contribution is 0.275. The number of para-hydroxylation sites is 1. The van der Waals surface area contributed by atoms with Crippen LogP contribution < -0.4 is 8.71 Å². The van der Waals surface area contributed by atoms with Gasteiger partial charge in [0.15, 0.2) is 0 Å². The van der Waals surface area contributed by atoms with Crippen LogP contribution in [0.4, 0.5) is 0 Å². The van der Waals surface area contributed by atoms with E-state index in [0.717, 1.165) is 30.6 Å². The number of hydrogen-bond acceptors (Lipinski definition) is 7. The molecule has 0 aliphatic rings. The summed E-state index contributed by atoms with van der Waals surface area (Å²) in [6.07, 6.45) is 2.46. The lowest BCUT2D eigenvalue weighted by Gasteiger charge is -2.21. The first-order valence-electron chi connectivity index (χ1n) is 9.50. The van der Waals surface area contributed by atoms with Crippen LogP contribution in [-0.2, 0) is 19.2 Å². The summed E-state index contributed by atoms with van der Waals surface area (Å²) in [6, 6.07) is 14.0. The predicted octanol–water partition coefficient (Wildman–Crippen LogP) is 6.29. The molecule has 0 aromatic heterocycles. The minimum Gasteiger partial charge on any atom is -0.417 e. The van der Waals surface area contributed by atoms with E-state index in [2.05, 4.69) is 0 Å². The summed E-state index contributed by atoms with van der Waals surface area (Å²) >= 11 is 1.14. The fourth-order valence-corrected chi connectivity index (χ4v) is 7.16. The quantitative estimate of drug-likeness (QED) is 0.210. The van der Waals surface area contributed by atoms with Gasteiger partial charge in [0.05, 0.1) is 6.61 Å². The molecule has 0 saturated carbocycles. The van der Waals surface area contributed by atoms with Gasteiger partial charge in [-0.05, 0) is 48.5 Å². The molecule has 2 rings (SSSR count). The van der Waals surface area contributed by atoms with E-state index in [0.29, 0.717) is 6.61 Å². The molecule has 9 heteroatoms. The van der Waals surface area contributed by atoms with E-state index in [1.807, 2.05) is 20.8 Å². The van der Waals surface area contributed by atoms with E-state index in [1.54, 1.807) is 36.4 Å². The lowest BCUT2D eigenvalue weighted by Crippen LogP contribution is -2.10. The van der Waals surface area contributed by atoms with Gasteiger partial charge in [-0.2, -0.15) is 8.42 Å². The standard InChI is InChI=1S/C20H27O6PS2/c1-4-6-15-24-27(21,28-17(3)5-2)25-19-13-10-14-20(16-19)29(22,23)26-18-11-8-7-9-12-18/h7-14,16-17H,4-6,15H2,1-3H3. The fraction of sp³-hybridized carbons (Fsp3) is 0.400. The Morgan fingerprint density at radius 3 is 2.38 bits per heavy atom. The predicted molar refractivity (Wildman–Crippen MR) is 117 cm³/mol. The molecule has 0 saturated heterocycles. The molecule has 0 N–H and O–H groups in total. The van der Waals surface area contributed by atoms with Crippen LogP contribution in [0.25, 0.3) is 0 Å². The summed E-state index contributed by atoms with van der Waals surface area (Å²) in [6.45, 7) is 2.75. The van der Waals surface area contributed by atoms with Crippen LogP contribution in [-0.4, -0.2) is 20.3 Å². The first-order valence-corrected chi connectivity index (χ1v) is 13.9. The third-order valence-electron chi connectivity index (χ3n) is 3.89. The van der Waals surface area contributed by atoms with Crippen LogP contribution >= 0.6 is 18.2 Å². The van der Waals surface area contributed by atoms with Gasteiger partial charge in [0.25, 0.3) is 0 Å². The van der Waals surface area contributed by atoms with Crippen molar-refractivity contribution in [3.63, 3.8) is 0 Å². The summed E-state index contributed by atoms with van der Waals surface area (Å²) in [5.41, 5.74) is 0. The van der Waals surface area contributed by atoms with Crippen LogP contribution in [0.5, 0.6) is 11.5 Å². The summed E-state index contributed by atoms with van der Waals surface area (Å²) < 4.78 is 54.8. The van der Waals surface area contributed by atoms with Crippen LogP contribution in [0.3, 0.4) is 0 Å².